The van der Waals surface area contributed by atoms with Gasteiger partial charge in [-0.15, -0.1) is 0 Å². The molecule has 0 amide bonds. The first-order chi connectivity index (χ1) is 3.46. The molecule has 0 heterocycles. The fraction of sp³-hybridized carbons (Fsp3) is 0. The van der Waals surface area contributed by atoms with Crippen molar-refractivity contribution in [2.24, 2.45) is 0 Å². The Labute approximate surface area is 104 Å². The van der Waals surface area contributed by atoms with Crippen LogP contribution in [0.3, 0.4) is 0 Å². The average Bonchev–Trinajstić information content (AvgIpc) is 1.25. The van der Waals surface area contributed by atoms with Crippen LogP contribution >= 0.6 is 0 Å². The summed E-state index contributed by atoms with van der Waals surface area (Å²) in [6, 6.07) is 0. The van der Waals surface area contributed by atoms with Gasteiger partial charge in [0, 0.05) is 0 Å². The summed E-state index contributed by atoms with van der Waals surface area (Å²) >= 11 is 0. The van der Waals surface area contributed by atoms with Crippen LogP contribution in [0, 0.1) is 0 Å². The fourth-order valence-electron chi connectivity index (χ4n) is 0. The summed E-state index contributed by atoms with van der Waals surface area (Å²) in [4.78, 5) is 16.7. The van der Waals surface area contributed by atoms with Gasteiger partial charge in [0.25, 0.3) is 0 Å². The van der Waals surface area contributed by atoms with Crippen molar-refractivity contribution >= 4 is 57.8 Å². The van der Waals surface area contributed by atoms with Gasteiger partial charge in [-0.3, -0.25) is 0 Å². The fourth-order valence-corrected chi connectivity index (χ4v) is 0. The molecule has 0 aromatic rings. The molecule has 0 aliphatic carbocycles. The molecule has 0 rings (SSSR count). The molecule has 0 atom stereocenters. The molecule has 0 fully saturated rings. The Morgan fingerprint density at radius 2 is 0.800 bits per heavy atom. The minimum Gasteiger partial charge on any atom is -0.652 e. The van der Waals surface area contributed by atoms with Crippen LogP contribution in [0.5, 0.6) is 0 Å². The summed E-state index contributed by atoms with van der Waals surface area (Å²) in [6.45, 7) is 0. The van der Waals surface area contributed by atoms with Gasteiger partial charge in [-0.25, -0.2) is 0 Å². The van der Waals surface area contributed by atoms with Gasteiger partial charge in [0.05, 0.1) is 0 Å². The van der Waals surface area contributed by atoms with E-state index in [1.54, 1.807) is 0 Å². The molecule has 0 spiro atoms. The van der Waals surface area contributed by atoms with Crippen molar-refractivity contribution in [1.82, 2.24) is 0 Å². The molecule has 0 bridgehead atoms. The number of rotatable bonds is 0. The minimum atomic E-state index is -2.33. The zero-order valence-corrected chi connectivity index (χ0v) is 9.09. The summed E-state index contributed by atoms with van der Waals surface area (Å²) in [5.74, 6) is 0. The monoisotopic (exact) mass is 264 g/mol. The Kier molecular flexibility index (Phi) is 36.5. The van der Waals surface area contributed by atoms with Gasteiger partial charge in [0.2, 0.25) is 0 Å². The van der Waals surface area contributed by atoms with Gasteiger partial charge in [-0.2, -0.15) is 0 Å². The largest absolute Gasteiger partial charge is 2.00 e. The van der Waals surface area contributed by atoms with Crippen molar-refractivity contribution in [3.63, 3.8) is 0 Å². The quantitative estimate of drug-likeness (QED) is 0.402. The SMILES string of the molecule is O=C([O-])[O-].O=C([O-])[O-].[Fe+2].[Sr+2]. The normalized spacial score (nSPS) is 4.80. The van der Waals surface area contributed by atoms with Crippen LogP contribution in [-0.2, 0) is 17.1 Å². The van der Waals surface area contributed by atoms with Crippen molar-refractivity contribution in [2.45, 2.75) is 0 Å². The second-order valence-electron chi connectivity index (χ2n) is 0.500. The van der Waals surface area contributed by atoms with Crippen LogP contribution in [0.4, 0.5) is 9.59 Å². The van der Waals surface area contributed by atoms with E-state index < -0.39 is 12.3 Å². The van der Waals surface area contributed by atoms with Crippen LogP contribution < -0.4 is 20.4 Å². The minimum absolute atomic E-state index is 0. The van der Waals surface area contributed by atoms with E-state index in [1.807, 2.05) is 0 Å². The molecule has 0 saturated carbocycles. The van der Waals surface area contributed by atoms with Gasteiger partial charge < -0.3 is 30.0 Å². The third-order valence-corrected chi connectivity index (χ3v) is 0. The van der Waals surface area contributed by atoms with E-state index in [9.17, 15) is 0 Å². The summed E-state index contributed by atoms with van der Waals surface area (Å²) in [6.07, 6.45) is -4.67. The van der Waals surface area contributed by atoms with E-state index in [0.717, 1.165) is 0 Å². The molecule has 0 N–H and O–H groups in total. The molecule has 0 aromatic carbocycles. The van der Waals surface area contributed by atoms with E-state index in [1.165, 1.54) is 0 Å². The maximum absolute atomic E-state index is 8.33. The molecule has 54 valence electrons. The summed E-state index contributed by atoms with van der Waals surface area (Å²) < 4.78 is 0. The second-order valence-corrected chi connectivity index (χ2v) is 0.500. The zero-order chi connectivity index (χ0) is 7.15. The topological polar surface area (TPSA) is 126 Å². The molecule has 6 nitrogen and oxygen atoms in total. The Morgan fingerprint density at radius 3 is 0.800 bits per heavy atom. The van der Waals surface area contributed by atoms with Gasteiger partial charge in [-0.1, -0.05) is 0 Å². The third kappa shape index (κ3) is 1660. The number of carbonyl (C=O) groups is 2. The van der Waals surface area contributed by atoms with Crippen LogP contribution in [-0.4, -0.2) is 57.8 Å². The van der Waals surface area contributed by atoms with Crippen LogP contribution in [0.15, 0.2) is 0 Å². The predicted molar refractivity (Wildman–Crippen MR) is 16.5 cm³/mol. The number of hydrogen-bond donors (Lipinski definition) is 0. The van der Waals surface area contributed by atoms with Crippen LogP contribution in [0.25, 0.3) is 0 Å². The van der Waals surface area contributed by atoms with E-state index in [-0.39, 0.29) is 62.6 Å². The average molecular weight is 263 g/mol. The first kappa shape index (κ1) is 22.4. The molecular formula is C2FeO6Sr. The van der Waals surface area contributed by atoms with Crippen molar-refractivity contribution < 1.29 is 47.1 Å². The van der Waals surface area contributed by atoms with Crippen molar-refractivity contribution in [2.75, 3.05) is 0 Å². The van der Waals surface area contributed by atoms with Crippen LogP contribution in [0.2, 0.25) is 0 Å². The summed E-state index contributed by atoms with van der Waals surface area (Å²) in [5.41, 5.74) is 0. The molecule has 8 heteroatoms. The molecule has 0 aromatic heterocycles. The van der Waals surface area contributed by atoms with E-state index in [2.05, 4.69) is 0 Å². The van der Waals surface area contributed by atoms with Gasteiger partial charge in [-0.05, 0) is 12.3 Å². The molecule has 0 saturated heterocycles. The molecule has 0 unspecified atom stereocenters. The Morgan fingerprint density at radius 1 is 0.800 bits per heavy atom. The number of carbonyl (C=O) groups excluding carboxylic acids is 2. The number of hydrogen-bond acceptors (Lipinski definition) is 6. The second kappa shape index (κ2) is 16.3. The van der Waals surface area contributed by atoms with E-state index in [4.69, 9.17) is 30.0 Å². The van der Waals surface area contributed by atoms with Crippen LogP contribution in [0.1, 0.15) is 0 Å². The van der Waals surface area contributed by atoms with Gasteiger partial charge in [0.1, 0.15) is 0 Å². The molecule has 0 aliphatic heterocycles. The molecule has 0 radical (unpaired) electrons. The number of carboxylic acid groups (broad SMARTS) is 4. The maximum Gasteiger partial charge on any atom is 2.00 e. The maximum atomic E-state index is 8.33. The Hall–Kier alpha value is 0.540. The Bertz CT molecular complexity index is 73.7. The van der Waals surface area contributed by atoms with Crippen molar-refractivity contribution in [1.29, 1.82) is 0 Å². The Balaban J connectivity index is -0.0000000300. The first-order valence-corrected chi connectivity index (χ1v) is 1.22. The van der Waals surface area contributed by atoms with Crippen molar-refractivity contribution in [3.05, 3.63) is 0 Å². The molecular weight excluding hydrogens is 263 g/mol. The molecule has 0 aliphatic rings. The predicted octanol–water partition coefficient (Wildman–Crippen LogP) is -5.28. The van der Waals surface area contributed by atoms with E-state index in [0.29, 0.717) is 0 Å². The van der Waals surface area contributed by atoms with Gasteiger partial charge >= 0.3 is 62.6 Å². The summed E-state index contributed by atoms with van der Waals surface area (Å²) in [5, 5.41) is 33.3. The first-order valence-electron chi connectivity index (χ1n) is 1.22. The standard InChI is InChI=1S/2CH2O3.Fe.Sr/c2*2-1(3)4;;/h2*(H2,2,3,4);;/q;;2*+2/p-4. The summed E-state index contributed by atoms with van der Waals surface area (Å²) in [7, 11) is 0. The zero-order valence-electron chi connectivity index (χ0n) is 4.51. The van der Waals surface area contributed by atoms with Gasteiger partial charge in [0.15, 0.2) is 0 Å². The van der Waals surface area contributed by atoms with Crippen molar-refractivity contribution in [3.8, 4) is 0 Å². The smallest absolute Gasteiger partial charge is 0.652 e. The molecule has 10 heavy (non-hydrogen) atoms. The van der Waals surface area contributed by atoms with E-state index >= 15 is 0 Å². The third-order valence-electron chi connectivity index (χ3n) is 0.